The van der Waals surface area contributed by atoms with Crippen LogP contribution < -0.4 is 16.2 Å². The molecule has 2 saturated heterocycles. The Labute approximate surface area is 274 Å². The first kappa shape index (κ1) is 34.2. The van der Waals surface area contributed by atoms with Crippen molar-refractivity contribution in [2.24, 2.45) is 0 Å². The third-order valence-electron chi connectivity index (χ3n) is 9.08. The molecule has 5 heterocycles. The van der Waals surface area contributed by atoms with Crippen molar-refractivity contribution in [1.82, 2.24) is 34.4 Å². The third kappa shape index (κ3) is 8.81. The van der Waals surface area contributed by atoms with Crippen LogP contribution in [0.3, 0.4) is 0 Å². The van der Waals surface area contributed by atoms with Crippen molar-refractivity contribution in [1.29, 1.82) is 5.26 Å². The second kappa shape index (κ2) is 17.1. The summed E-state index contributed by atoms with van der Waals surface area (Å²) >= 11 is 0. The Morgan fingerprint density at radius 2 is 1.51 bits per heavy atom. The maximum atomic E-state index is 12.3. The van der Waals surface area contributed by atoms with Crippen LogP contribution in [-0.2, 0) is 14.2 Å². The number of hydrogen-bond donors (Lipinski definition) is 2. The molecule has 0 spiro atoms. The average molecular weight is 653 g/mol. The highest BCUT2D eigenvalue weighted by Gasteiger charge is 2.24. The number of carbonyl (C=O) groups is 1. The first-order chi connectivity index (χ1) is 23.0. The topological polar surface area (TPSA) is 182 Å². The van der Waals surface area contributed by atoms with Crippen molar-refractivity contribution in [3.63, 3.8) is 0 Å². The molecule has 2 aliphatic heterocycles. The van der Waals surface area contributed by atoms with Crippen LogP contribution in [0.25, 0.3) is 11.0 Å². The van der Waals surface area contributed by atoms with Gasteiger partial charge in [0.15, 0.2) is 11.8 Å². The fraction of sp³-hybridized carbons (Fsp3) is 0.688. The first-order valence-electron chi connectivity index (χ1n) is 17.0. The predicted octanol–water partition coefficient (Wildman–Crippen LogP) is 3.41. The smallest absolute Gasteiger partial charge is 0.343 e. The fourth-order valence-electron chi connectivity index (χ4n) is 6.46. The molecule has 47 heavy (non-hydrogen) atoms. The van der Waals surface area contributed by atoms with E-state index in [1.165, 1.54) is 44.7 Å². The zero-order chi connectivity index (χ0) is 33.0. The van der Waals surface area contributed by atoms with E-state index < -0.39 is 0 Å². The van der Waals surface area contributed by atoms with Crippen LogP contribution in [0.15, 0.2) is 17.2 Å². The van der Waals surface area contributed by atoms with Crippen molar-refractivity contribution >= 4 is 28.8 Å². The second-order valence-corrected chi connectivity index (χ2v) is 12.2. The number of nitriles is 1. The molecule has 0 bridgehead atoms. The first-order valence-corrected chi connectivity index (χ1v) is 17.0. The Bertz CT molecular complexity index is 1520. The average Bonchev–Trinajstić information content (AvgIpc) is 3.74. The molecule has 0 atom stereocenters. The van der Waals surface area contributed by atoms with Gasteiger partial charge in [-0.1, -0.05) is 38.5 Å². The quantitative estimate of drug-likeness (QED) is 0.303. The number of aromatic amines is 1. The molecule has 3 aromatic heterocycles. The summed E-state index contributed by atoms with van der Waals surface area (Å²) in [4.78, 5) is 35.3. The lowest BCUT2D eigenvalue weighted by molar-refractivity contribution is 0.0527. The SMILES string of the molecule is CCOC(=O)c1cnn(C2CCCCC2)c1N.N#CN1CCOCC1.O=c1[nH]c(N2CCOCC2)nc2c1cnn2C1CCCCC1. The molecule has 0 radical (unpaired) electrons. The fourth-order valence-corrected chi connectivity index (χ4v) is 6.46. The van der Waals surface area contributed by atoms with Gasteiger partial charge < -0.3 is 29.7 Å². The molecule has 7 rings (SSSR count). The van der Waals surface area contributed by atoms with Gasteiger partial charge >= 0.3 is 5.97 Å². The lowest BCUT2D eigenvalue weighted by Gasteiger charge is -2.27. The molecule has 3 N–H and O–H groups in total. The lowest BCUT2D eigenvalue weighted by atomic mass is 9.96. The Morgan fingerprint density at radius 3 is 2.09 bits per heavy atom. The molecule has 256 valence electrons. The number of rotatable bonds is 5. The van der Waals surface area contributed by atoms with Crippen LogP contribution in [0, 0.1) is 11.5 Å². The molecule has 0 aromatic carbocycles. The molecule has 0 amide bonds. The van der Waals surface area contributed by atoms with E-state index in [-0.39, 0.29) is 11.5 Å². The number of esters is 1. The van der Waals surface area contributed by atoms with Crippen molar-refractivity contribution in [2.75, 3.05) is 69.8 Å². The summed E-state index contributed by atoms with van der Waals surface area (Å²) < 4.78 is 19.1. The zero-order valence-corrected chi connectivity index (χ0v) is 27.4. The summed E-state index contributed by atoms with van der Waals surface area (Å²) in [5.74, 6) is 0.695. The number of nitrogens with one attached hydrogen (secondary N) is 1. The van der Waals surface area contributed by atoms with E-state index in [9.17, 15) is 9.59 Å². The monoisotopic (exact) mass is 652 g/mol. The maximum absolute atomic E-state index is 12.3. The van der Waals surface area contributed by atoms with Crippen molar-refractivity contribution < 1.29 is 19.0 Å². The highest BCUT2D eigenvalue weighted by Crippen LogP contribution is 2.31. The molecule has 0 unspecified atom stereocenters. The third-order valence-corrected chi connectivity index (χ3v) is 9.08. The minimum absolute atomic E-state index is 0.103. The van der Waals surface area contributed by atoms with Gasteiger partial charge in [-0.15, -0.1) is 0 Å². The van der Waals surface area contributed by atoms with Gasteiger partial charge in [0.1, 0.15) is 16.8 Å². The molecule has 2 aliphatic carbocycles. The number of hydrogen-bond acceptors (Lipinski definition) is 12. The zero-order valence-electron chi connectivity index (χ0n) is 27.4. The number of morpholine rings is 2. The molecular weight excluding hydrogens is 604 g/mol. The molecule has 2 saturated carbocycles. The van der Waals surface area contributed by atoms with Crippen LogP contribution in [-0.4, -0.2) is 99.6 Å². The van der Waals surface area contributed by atoms with Gasteiger partial charge in [-0.05, 0) is 32.6 Å². The summed E-state index contributed by atoms with van der Waals surface area (Å²) in [6.07, 6.45) is 17.1. The van der Waals surface area contributed by atoms with Crippen LogP contribution in [0.5, 0.6) is 0 Å². The standard InChI is InChI=1S/C15H21N5O2.C12H19N3O2.C5H8N2O/c21-14-12-10-16-20(11-4-2-1-3-5-11)13(12)17-15(18-14)19-6-8-22-9-7-19;1-2-17-12(16)10-8-14-15(11(10)13)9-6-4-3-5-7-9;6-5-7-1-3-8-4-2-7/h10-11H,1-9H2,(H,17,18,21);8-9H,2-7,13H2,1H3;1-4H2. The summed E-state index contributed by atoms with van der Waals surface area (Å²) in [6, 6.07) is 0.713. The lowest BCUT2D eigenvalue weighted by Crippen LogP contribution is -2.38. The number of fused-ring (bicyclic) bond motifs is 1. The number of H-pyrrole nitrogens is 1. The number of nitrogens with zero attached hydrogens (tertiary/aromatic N) is 8. The van der Waals surface area contributed by atoms with E-state index in [0.29, 0.717) is 67.8 Å². The minimum atomic E-state index is -0.382. The Balaban J connectivity index is 0.000000153. The molecule has 15 heteroatoms. The summed E-state index contributed by atoms with van der Waals surface area (Å²) in [7, 11) is 0. The normalized spacial score (nSPS) is 19.2. The van der Waals surface area contributed by atoms with Gasteiger partial charge in [-0.25, -0.2) is 14.2 Å². The number of aromatic nitrogens is 6. The minimum Gasteiger partial charge on any atom is -0.462 e. The van der Waals surface area contributed by atoms with E-state index in [2.05, 4.69) is 26.3 Å². The molecule has 15 nitrogen and oxygen atoms in total. The van der Waals surface area contributed by atoms with Gasteiger partial charge in [-0.2, -0.15) is 20.4 Å². The van der Waals surface area contributed by atoms with Crippen molar-refractivity contribution in [3.8, 4) is 6.19 Å². The number of ether oxygens (including phenoxy) is 3. The largest absolute Gasteiger partial charge is 0.462 e. The summed E-state index contributed by atoms with van der Waals surface area (Å²) in [5, 5.41) is 17.6. The molecule has 4 aliphatic rings. The number of nitrogens with two attached hydrogens (primary N) is 1. The molecule has 3 aromatic rings. The Hall–Kier alpha value is -4.16. The van der Waals surface area contributed by atoms with Crippen LogP contribution in [0.1, 0.15) is 93.6 Å². The van der Waals surface area contributed by atoms with Crippen LogP contribution >= 0.6 is 0 Å². The molecular formula is C32H48N10O5. The van der Waals surface area contributed by atoms with Gasteiger partial charge in [0.25, 0.3) is 5.56 Å². The van der Waals surface area contributed by atoms with Gasteiger partial charge in [0, 0.05) is 13.1 Å². The number of anilines is 2. The highest BCUT2D eigenvalue weighted by molar-refractivity contribution is 5.94. The van der Waals surface area contributed by atoms with E-state index in [1.54, 1.807) is 22.7 Å². The number of carbonyl (C=O) groups excluding carboxylic acids is 1. The van der Waals surface area contributed by atoms with E-state index in [1.807, 2.05) is 4.68 Å². The summed E-state index contributed by atoms with van der Waals surface area (Å²) in [6.45, 7) is 7.91. The van der Waals surface area contributed by atoms with Crippen LogP contribution in [0.4, 0.5) is 11.8 Å². The van der Waals surface area contributed by atoms with Gasteiger partial charge in [0.2, 0.25) is 5.95 Å². The van der Waals surface area contributed by atoms with Crippen LogP contribution in [0.2, 0.25) is 0 Å². The van der Waals surface area contributed by atoms with Crippen molar-refractivity contribution in [2.45, 2.75) is 83.2 Å². The van der Waals surface area contributed by atoms with Gasteiger partial charge in [0.05, 0.1) is 70.6 Å². The van der Waals surface area contributed by atoms with Crippen molar-refractivity contribution in [3.05, 3.63) is 28.3 Å². The highest BCUT2D eigenvalue weighted by atomic mass is 16.5. The van der Waals surface area contributed by atoms with E-state index in [0.717, 1.165) is 57.5 Å². The number of nitrogen functional groups attached to an aromatic ring is 1. The maximum Gasteiger partial charge on any atom is 0.343 e. The van der Waals surface area contributed by atoms with Gasteiger partial charge in [-0.3, -0.25) is 9.78 Å². The Morgan fingerprint density at radius 1 is 0.936 bits per heavy atom. The molecule has 4 fully saturated rings. The van der Waals surface area contributed by atoms with E-state index >= 15 is 0 Å². The van der Waals surface area contributed by atoms with E-state index in [4.69, 9.17) is 30.2 Å². The Kier molecular flexibility index (Phi) is 12.5. The second-order valence-electron chi connectivity index (χ2n) is 12.2. The predicted molar refractivity (Wildman–Crippen MR) is 176 cm³/mol. The summed E-state index contributed by atoms with van der Waals surface area (Å²) in [5.41, 5.74) is 6.97.